The first-order valence-corrected chi connectivity index (χ1v) is 11.9. The SMILES string of the molecule is CCCN(C(=O)c1ccccc1)C(CC)c1nc2ccccc2c(=O)n1-c1ccc(C)cc1C. The number of carbonyl (C=O) groups is 1. The van der Waals surface area contributed by atoms with Crippen LogP contribution in [0.5, 0.6) is 0 Å². The molecule has 1 amide bonds. The molecule has 174 valence electrons. The van der Waals surface area contributed by atoms with Gasteiger partial charge in [-0.05, 0) is 62.6 Å². The second-order valence-electron chi connectivity index (χ2n) is 8.71. The molecule has 4 rings (SSSR count). The maximum absolute atomic E-state index is 13.8. The number of amides is 1. The molecule has 3 aromatic carbocycles. The predicted molar refractivity (Wildman–Crippen MR) is 138 cm³/mol. The Hall–Kier alpha value is -3.73. The fourth-order valence-corrected chi connectivity index (χ4v) is 4.59. The lowest BCUT2D eigenvalue weighted by Gasteiger charge is -2.32. The van der Waals surface area contributed by atoms with Crippen molar-refractivity contribution in [1.29, 1.82) is 0 Å². The standard InChI is InChI=1S/C29H31N3O2/c1-5-18-31(28(33)22-12-8-7-9-13-22)25(6-2)27-30-24-15-11-10-14-23(24)29(34)32(27)26-17-16-20(3)19-21(26)4/h7-17,19,25H,5-6,18H2,1-4H3. The second-order valence-corrected chi connectivity index (χ2v) is 8.71. The largest absolute Gasteiger partial charge is 0.328 e. The minimum atomic E-state index is -0.356. The van der Waals surface area contributed by atoms with Gasteiger partial charge in [0, 0.05) is 12.1 Å². The van der Waals surface area contributed by atoms with E-state index in [1.807, 2.05) is 92.4 Å². The van der Waals surface area contributed by atoms with E-state index < -0.39 is 0 Å². The van der Waals surface area contributed by atoms with E-state index in [2.05, 4.69) is 13.0 Å². The Morgan fingerprint density at radius 2 is 1.68 bits per heavy atom. The summed E-state index contributed by atoms with van der Waals surface area (Å²) in [4.78, 5) is 34.3. The number of para-hydroxylation sites is 1. The van der Waals surface area contributed by atoms with Crippen LogP contribution >= 0.6 is 0 Å². The Labute approximate surface area is 200 Å². The Morgan fingerprint density at radius 3 is 2.35 bits per heavy atom. The van der Waals surface area contributed by atoms with E-state index in [1.165, 1.54) is 0 Å². The lowest BCUT2D eigenvalue weighted by molar-refractivity contribution is 0.0659. The van der Waals surface area contributed by atoms with Crippen LogP contribution in [0.2, 0.25) is 0 Å². The molecular weight excluding hydrogens is 422 g/mol. The van der Waals surface area contributed by atoms with Crippen molar-refractivity contribution in [3.8, 4) is 5.69 Å². The molecule has 1 unspecified atom stereocenters. The topological polar surface area (TPSA) is 55.2 Å². The molecule has 0 bridgehead atoms. The van der Waals surface area contributed by atoms with Crippen LogP contribution in [-0.4, -0.2) is 26.9 Å². The minimum absolute atomic E-state index is 0.0520. The summed E-state index contributed by atoms with van der Waals surface area (Å²) in [6.45, 7) is 8.72. The quantitative estimate of drug-likeness (QED) is 0.344. The van der Waals surface area contributed by atoms with Crippen molar-refractivity contribution in [2.24, 2.45) is 0 Å². The van der Waals surface area contributed by atoms with Gasteiger partial charge in [0.2, 0.25) is 0 Å². The van der Waals surface area contributed by atoms with Crippen LogP contribution < -0.4 is 5.56 Å². The third kappa shape index (κ3) is 4.38. The number of nitrogens with zero attached hydrogens (tertiary/aromatic N) is 3. The average Bonchev–Trinajstić information content (AvgIpc) is 2.85. The maximum atomic E-state index is 13.8. The van der Waals surface area contributed by atoms with Crippen LogP contribution in [-0.2, 0) is 0 Å². The average molecular weight is 454 g/mol. The van der Waals surface area contributed by atoms with Gasteiger partial charge in [-0.15, -0.1) is 0 Å². The third-order valence-electron chi connectivity index (χ3n) is 6.20. The van der Waals surface area contributed by atoms with Crippen molar-refractivity contribution in [3.05, 3.63) is 106 Å². The van der Waals surface area contributed by atoms with Crippen molar-refractivity contribution in [1.82, 2.24) is 14.5 Å². The molecule has 5 heteroatoms. The summed E-state index contributed by atoms with van der Waals surface area (Å²) in [5.41, 5.74) is 4.08. The van der Waals surface area contributed by atoms with E-state index >= 15 is 0 Å². The number of aromatic nitrogens is 2. The number of hydrogen-bond donors (Lipinski definition) is 0. The number of fused-ring (bicyclic) bond motifs is 1. The Bertz CT molecular complexity index is 1380. The summed E-state index contributed by atoms with van der Waals surface area (Å²) in [5, 5.41) is 0.567. The Kier molecular flexibility index (Phi) is 6.92. The molecule has 34 heavy (non-hydrogen) atoms. The lowest BCUT2D eigenvalue weighted by atomic mass is 10.1. The predicted octanol–water partition coefficient (Wildman–Crippen LogP) is 6.01. The molecule has 0 N–H and O–H groups in total. The highest BCUT2D eigenvalue weighted by atomic mass is 16.2. The first-order valence-electron chi connectivity index (χ1n) is 11.9. The number of carbonyl (C=O) groups excluding carboxylic acids is 1. The molecule has 0 saturated heterocycles. The molecule has 0 aliphatic carbocycles. The van der Waals surface area contributed by atoms with E-state index in [4.69, 9.17) is 4.98 Å². The lowest BCUT2D eigenvalue weighted by Crippen LogP contribution is -2.39. The van der Waals surface area contributed by atoms with Crippen LogP contribution in [0.25, 0.3) is 16.6 Å². The molecule has 0 aliphatic heterocycles. The van der Waals surface area contributed by atoms with Gasteiger partial charge in [0.05, 0.1) is 22.6 Å². The molecule has 4 aromatic rings. The molecule has 0 fully saturated rings. The minimum Gasteiger partial charge on any atom is -0.328 e. The summed E-state index contributed by atoms with van der Waals surface area (Å²) < 4.78 is 1.71. The van der Waals surface area contributed by atoms with Crippen LogP contribution in [0.15, 0.2) is 77.6 Å². The van der Waals surface area contributed by atoms with Crippen molar-refractivity contribution < 1.29 is 4.79 Å². The van der Waals surface area contributed by atoms with E-state index in [-0.39, 0.29) is 17.5 Å². The summed E-state index contributed by atoms with van der Waals surface area (Å²) in [7, 11) is 0. The van der Waals surface area contributed by atoms with Gasteiger partial charge in [-0.25, -0.2) is 4.98 Å². The summed E-state index contributed by atoms with van der Waals surface area (Å²) in [6.07, 6.45) is 1.44. The van der Waals surface area contributed by atoms with Gasteiger partial charge in [0.15, 0.2) is 0 Å². The molecule has 1 atom stereocenters. The van der Waals surface area contributed by atoms with Gasteiger partial charge in [-0.2, -0.15) is 0 Å². The zero-order chi connectivity index (χ0) is 24.2. The molecule has 1 heterocycles. The van der Waals surface area contributed by atoms with Gasteiger partial charge < -0.3 is 4.90 Å². The van der Waals surface area contributed by atoms with Gasteiger partial charge in [0.1, 0.15) is 5.82 Å². The van der Waals surface area contributed by atoms with Gasteiger partial charge in [-0.1, -0.05) is 61.9 Å². The maximum Gasteiger partial charge on any atom is 0.266 e. The van der Waals surface area contributed by atoms with E-state index in [0.717, 1.165) is 23.2 Å². The summed E-state index contributed by atoms with van der Waals surface area (Å²) in [6, 6.07) is 22.4. The molecule has 0 saturated carbocycles. The Morgan fingerprint density at radius 1 is 0.971 bits per heavy atom. The normalized spacial score (nSPS) is 12.0. The van der Waals surface area contributed by atoms with Crippen molar-refractivity contribution in [2.45, 2.75) is 46.6 Å². The molecule has 0 radical (unpaired) electrons. The van der Waals surface area contributed by atoms with E-state index in [0.29, 0.717) is 35.3 Å². The number of benzene rings is 3. The fourth-order valence-electron chi connectivity index (χ4n) is 4.59. The van der Waals surface area contributed by atoms with Gasteiger partial charge in [-0.3, -0.25) is 14.2 Å². The zero-order valence-electron chi connectivity index (χ0n) is 20.3. The smallest absolute Gasteiger partial charge is 0.266 e. The Balaban J connectivity index is 1.98. The van der Waals surface area contributed by atoms with Gasteiger partial charge >= 0.3 is 0 Å². The fraction of sp³-hybridized carbons (Fsp3) is 0.276. The van der Waals surface area contributed by atoms with Crippen LogP contribution in [0, 0.1) is 13.8 Å². The van der Waals surface area contributed by atoms with E-state index in [1.54, 1.807) is 4.57 Å². The van der Waals surface area contributed by atoms with Gasteiger partial charge in [0.25, 0.3) is 11.5 Å². The number of aryl methyl sites for hydroxylation is 2. The van der Waals surface area contributed by atoms with Crippen molar-refractivity contribution in [3.63, 3.8) is 0 Å². The highest BCUT2D eigenvalue weighted by Gasteiger charge is 2.29. The van der Waals surface area contributed by atoms with E-state index in [9.17, 15) is 9.59 Å². The number of hydrogen-bond acceptors (Lipinski definition) is 3. The highest BCUT2D eigenvalue weighted by Crippen LogP contribution is 2.28. The first kappa shape index (κ1) is 23.4. The monoisotopic (exact) mass is 453 g/mol. The summed E-state index contributed by atoms with van der Waals surface area (Å²) >= 11 is 0. The van der Waals surface area contributed by atoms with Crippen LogP contribution in [0.4, 0.5) is 0 Å². The number of rotatable bonds is 7. The van der Waals surface area contributed by atoms with Crippen LogP contribution in [0.1, 0.15) is 60.0 Å². The molecule has 1 aromatic heterocycles. The highest BCUT2D eigenvalue weighted by molar-refractivity contribution is 5.94. The third-order valence-corrected chi connectivity index (χ3v) is 6.20. The molecule has 0 aliphatic rings. The first-order chi connectivity index (χ1) is 16.5. The second kappa shape index (κ2) is 10.0. The zero-order valence-corrected chi connectivity index (χ0v) is 20.3. The van der Waals surface area contributed by atoms with Crippen molar-refractivity contribution in [2.75, 3.05) is 6.54 Å². The molecule has 0 spiro atoms. The van der Waals surface area contributed by atoms with Crippen LogP contribution in [0.3, 0.4) is 0 Å². The van der Waals surface area contributed by atoms with Crippen molar-refractivity contribution >= 4 is 16.8 Å². The molecular formula is C29H31N3O2. The molecule has 5 nitrogen and oxygen atoms in total. The summed E-state index contributed by atoms with van der Waals surface area (Å²) in [5.74, 6) is 0.541.